The van der Waals surface area contributed by atoms with E-state index >= 15 is 0 Å². The van der Waals surface area contributed by atoms with Crippen molar-refractivity contribution in [3.63, 3.8) is 0 Å². The number of amides is 1. The monoisotopic (exact) mass is 659 g/mol. The molecule has 248 valence electrons. The van der Waals surface area contributed by atoms with Crippen molar-refractivity contribution < 1.29 is 19.1 Å². The number of fused-ring (bicyclic) bond motifs is 2. The molecule has 12 heteroatoms. The first-order valence-electron chi connectivity index (χ1n) is 15.5. The fourth-order valence-corrected chi connectivity index (χ4v) is 6.99. The quantitative estimate of drug-likeness (QED) is 0.145. The van der Waals surface area contributed by atoms with Crippen molar-refractivity contribution in [2.45, 2.75) is 45.3 Å². The normalized spacial score (nSPS) is 20.1. The van der Waals surface area contributed by atoms with Gasteiger partial charge in [0.2, 0.25) is 11.9 Å². The van der Waals surface area contributed by atoms with E-state index in [4.69, 9.17) is 20.2 Å². The predicted molar refractivity (Wildman–Crippen MR) is 188 cm³/mol. The molecule has 2 aliphatic rings. The molecule has 3 heterocycles. The van der Waals surface area contributed by atoms with Crippen LogP contribution in [0.1, 0.15) is 44.0 Å². The second kappa shape index (κ2) is 13.2. The van der Waals surface area contributed by atoms with Crippen molar-refractivity contribution in [2.24, 2.45) is 24.6 Å². The number of nitrogens with one attached hydrogen (secondary N) is 2. The van der Waals surface area contributed by atoms with Crippen molar-refractivity contribution in [3.8, 4) is 17.0 Å². The Bertz CT molecular complexity index is 1820. The summed E-state index contributed by atoms with van der Waals surface area (Å²) in [6.45, 7) is 11.0. The van der Waals surface area contributed by atoms with Gasteiger partial charge in [-0.1, -0.05) is 24.8 Å². The number of carbonyl (C=O) groups excluding carboxylic acids is 2. The number of nitrogens with zero attached hydrogens (tertiary/aromatic N) is 4. The van der Waals surface area contributed by atoms with E-state index in [9.17, 15) is 9.59 Å². The molecule has 47 heavy (non-hydrogen) atoms. The number of methoxy groups -OCH3 is 1. The third-order valence-corrected chi connectivity index (χ3v) is 8.89. The Kier molecular flexibility index (Phi) is 9.51. The number of para-hydroxylation sites is 1. The zero-order valence-corrected chi connectivity index (χ0v) is 28.2. The van der Waals surface area contributed by atoms with E-state index in [0.29, 0.717) is 34.7 Å². The molecular weight excluding hydrogens is 618 g/mol. The van der Waals surface area contributed by atoms with Crippen LogP contribution < -0.4 is 26.0 Å². The summed E-state index contributed by atoms with van der Waals surface area (Å²) >= 11 is 0. The Labute approximate surface area is 280 Å². The molecule has 1 saturated heterocycles. The summed E-state index contributed by atoms with van der Waals surface area (Å²) in [5.41, 5.74) is 10.8. The van der Waals surface area contributed by atoms with Crippen molar-refractivity contribution in [2.75, 3.05) is 35.7 Å². The topological polar surface area (TPSA) is 137 Å². The van der Waals surface area contributed by atoms with Crippen LogP contribution in [0.5, 0.6) is 5.75 Å². The molecule has 0 radical (unpaired) electrons. The highest BCUT2D eigenvalue weighted by Gasteiger charge is 2.45. The van der Waals surface area contributed by atoms with E-state index in [1.54, 1.807) is 21.0 Å². The van der Waals surface area contributed by atoms with E-state index in [-0.39, 0.29) is 41.5 Å². The standard InChI is InChI=1S/C35H41N7O4.ClH/c1-7-31(43)38-26-12-27(30(45-6)13-29(26)42-17-21-14-35(4,36)15-22(21)18-42)39-34-37-16-24(33(44)46-20(2)3)32(40-34)25-19-41(5)28-11-9-8-10-23(25)28;/h7-13,16,19-22H,1,14-15,17-18,36H2,2-6H3,(H,38,43)(H,37,39,40);1H. The lowest BCUT2D eigenvalue weighted by atomic mass is 10.00. The number of nitrogens with two attached hydrogens (primary N) is 1. The molecule has 1 aliphatic carbocycles. The van der Waals surface area contributed by atoms with Crippen molar-refractivity contribution in [1.82, 2.24) is 14.5 Å². The molecule has 2 unspecified atom stereocenters. The molecule has 2 aromatic carbocycles. The third-order valence-electron chi connectivity index (χ3n) is 8.89. The first kappa shape index (κ1) is 33.7. The zero-order chi connectivity index (χ0) is 32.7. The van der Waals surface area contributed by atoms with E-state index in [0.717, 1.165) is 48.1 Å². The molecule has 1 saturated carbocycles. The Hall–Kier alpha value is -4.61. The minimum absolute atomic E-state index is 0. The SMILES string of the molecule is C=CC(=O)Nc1cc(Nc2ncc(C(=O)OC(C)C)c(-c3cn(C)c4ccccc34)n2)c(OC)cc1N1CC2CC(C)(N)CC2C1.Cl. The Morgan fingerprint density at radius 2 is 1.85 bits per heavy atom. The summed E-state index contributed by atoms with van der Waals surface area (Å²) in [5.74, 6) is 0.937. The van der Waals surface area contributed by atoms with Gasteiger partial charge in [-0.15, -0.1) is 12.4 Å². The third kappa shape index (κ3) is 6.77. The van der Waals surface area contributed by atoms with E-state index in [2.05, 4.69) is 34.0 Å². The number of hydrogen-bond donors (Lipinski definition) is 3. The maximum Gasteiger partial charge on any atom is 0.342 e. The Morgan fingerprint density at radius 3 is 2.51 bits per heavy atom. The number of esters is 1. The van der Waals surface area contributed by atoms with Gasteiger partial charge in [-0.25, -0.2) is 14.8 Å². The second-order valence-electron chi connectivity index (χ2n) is 13.0. The molecule has 1 amide bonds. The average Bonchev–Trinajstić information content (AvgIpc) is 3.64. The van der Waals surface area contributed by atoms with Gasteiger partial charge < -0.3 is 35.3 Å². The lowest BCUT2D eigenvalue weighted by Gasteiger charge is -2.27. The number of hydrogen-bond acceptors (Lipinski definition) is 9. The molecule has 0 spiro atoms. The lowest BCUT2D eigenvalue weighted by Crippen LogP contribution is -2.35. The van der Waals surface area contributed by atoms with Crippen LogP contribution in [0.2, 0.25) is 0 Å². The zero-order valence-electron chi connectivity index (χ0n) is 27.4. The minimum Gasteiger partial charge on any atom is -0.494 e. The Morgan fingerprint density at radius 1 is 1.15 bits per heavy atom. The van der Waals surface area contributed by atoms with Gasteiger partial charge in [0.15, 0.2) is 0 Å². The highest BCUT2D eigenvalue weighted by molar-refractivity contribution is 6.04. The minimum atomic E-state index is -0.508. The van der Waals surface area contributed by atoms with Gasteiger partial charge >= 0.3 is 5.97 Å². The number of anilines is 4. The van der Waals surface area contributed by atoms with Crippen molar-refractivity contribution >= 4 is 58.2 Å². The van der Waals surface area contributed by atoms with Crippen LogP contribution in [-0.2, 0) is 16.6 Å². The van der Waals surface area contributed by atoms with Crippen LogP contribution >= 0.6 is 12.4 Å². The fourth-order valence-electron chi connectivity index (χ4n) is 6.99. The highest BCUT2D eigenvalue weighted by atomic mass is 35.5. The van der Waals surface area contributed by atoms with Gasteiger partial charge in [0.1, 0.15) is 11.3 Å². The molecule has 2 fully saturated rings. The van der Waals surface area contributed by atoms with Crippen molar-refractivity contribution in [3.05, 3.63) is 67.0 Å². The predicted octanol–water partition coefficient (Wildman–Crippen LogP) is 6.06. The summed E-state index contributed by atoms with van der Waals surface area (Å²) in [5, 5.41) is 7.19. The van der Waals surface area contributed by atoms with Gasteiger partial charge in [0.25, 0.3) is 0 Å². The molecule has 4 N–H and O–H groups in total. The van der Waals surface area contributed by atoms with Crippen LogP contribution in [0.3, 0.4) is 0 Å². The molecule has 1 aliphatic heterocycles. The molecule has 0 bridgehead atoms. The number of ether oxygens (including phenoxy) is 2. The van der Waals surface area contributed by atoms with Crippen LogP contribution in [-0.4, -0.2) is 58.3 Å². The number of carbonyl (C=O) groups is 2. The molecule has 11 nitrogen and oxygen atoms in total. The van der Waals surface area contributed by atoms with E-state index in [1.807, 2.05) is 54.2 Å². The molecule has 2 atom stereocenters. The first-order valence-corrected chi connectivity index (χ1v) is 15.5. The number of aromatic nitrogens is 3. The molecule has 4 aromatic rings. The summed E-state index contributed by atoms with van der Waals surface area (Å²) in [6, 6.07) is 11.7. The van der Waals surface area contributed by atoms with Crippen LogP contribution in [0, 0.1) is 11.8 Å². The maximum absolute atomic E-state index is 13.2. The Balaban J connectivity index is 0.00000433. The summed E-state index contributed by atoms with van der Waals surface area (Å²) in [4.78, 5) is 37.4. The van der Waals surface area contributed by atoms with E-state index < -0.39 is 5.97 Å². The summed E-state index contributed by atoms with van der Waals surface area (Å²) < 4.78 is 13.4. The number of rotatable bonds is 9. The van der Waals surface area contributed by atoms with Crippen LogP contribution in [0.15, 0.2) is 61.4 Å². The van der Waals surface area contributed by atoms with Gasteiger partial charge in [0.05, 0.1) is 36.0 Å². The van der Waals surface area contributed by atoms with Gasteiger partial charge in [0, 0.05) is 60.6 Å². The summed E-state index contributed by atoms with van der Waals surface area (Å²) in [6.07, 6.45) is 6.29. The first-order chi connectivity index (χ1) is 22.0. The lowest BCUT2D eigenvalue weighted by molar-refractivity contribution is -0.111. The summed E-state index contributed by atoms with van der Waals surface area (Å²) in [7, 11) is 3.55. The number of aryl methyl sites for hydroxylation is 1. The molecular formula is C35H42ClN7O4. The van der Waals surface area contributed by atoms with Crippen LogP contribution in [0.25, 0.3) is 22.2 Å². The average molecular weight is 660 g/mol. The number of benzene rings is 2. The largest absolute Gasteiger partial charge is 0.494 e. The molecule has 2 aromatic heterocycles. The second-order valence-corrected chi connectivity index (χ2v) is 13.0. The smallest absolute Gasteiger partial charge is 0.342 e. The highest BCUT2D eigenvalue weighted by Crippen LogP contribution is 2.47. The van der Waals surface area contributed by atoms with Gasteiger partial charge in [-0.3, -0.25) is 4.79 Å². The van der Waals surface area contributed by atoms with E-state index in [1.165, 1.54) is 12.3 Å². The van der Waals surface area contributed by atoms with Crippen LogP contribution in [0.4, 0.5) is 23.0 Å². The number of halogens is 1. The molecule has 6 rings (SSSR count). The van der Waals surface area contributed by atoms with Gasteiger partial charge in [-0.05, 0) is 63.7 Å². The van der Waals surface area contributed by atoms with Gasteiger partial charge in [-0.2, -0.15) is 0 Å². The fraction of sp³-hybridized carbons (Fsp3) is 0.371. The van der Waals surface area contributed by atoms with Crippen molar-refractivity contribution in [1.29, 1.82) is 0 Å². The maximum atomic E-state index is 13.2.